The molecule has 0 bridgehead atoms. The van der Waals surface area contributed by atoms with Crippen LogP contribution >= 0.6 is 0 Å². The molecule has 0 radical (unpaired) electrons. The molecule has 4 nitrogen and oxygen atoms in total. The third-order valence-electron chi connectivity index (χ3n) is 5.54. The third kappa shape index (κ3) is 4.18. The molecule has 1 N–H and O–H groups in total. The molecular formula is C24H27N3O. The van der Waals surface area contributed by atoms with Gasteiger partial charge in [0.1, 0.15) is 0 Å². The average molecular weight is 374 g/mol. The van der Waals surface area contributed by atoms with Gasteiger partial charge in [0, 0.05) is 37.9 Å². The van der Waals surface area contributed by atoms with E-state index in [0.29, 0.717) is 6.54 Å². The number of hydrogen-bond donors (Lipinski definition) is 1. The fourth-order valence-electron chi connectivity index (χ4n) is 4.08. The molecule has 1 saturated heterocycles. The fraction of sp³-hybridized carbons (Fsp3) is 0.292. The van der Waals surface area contributed by atoms with Crippen molar-refractivity contribution in [2.24, 2.45) is 0 Å². The number of likely N-dealkylation sites (N-methyl/N-ethyl adjacent to an activating group) is 1. The van der Waals surface area contributed by atoms with Crippen molar-refractivity contribution in [2.75, 3.05) is 25.0 Å². The molecule has 0 spiro atoms. The molecule has 0 saturated carbocycles. The van der Waals surface area contributed by atoms with Crippen molar-refractivity contribution < 1.29 is 4.79 Å². The topological polar surface area (TPSA) is 35.6 Å². The van der Waals surface area contributed by atoms with E-state index in [2.05, 4.69) is 59.6 Å². The highest BCUT2D eigenvalue weighted by atomic mass is 16.2. The molecule has 0 aliphatic carbocycles. The quantitative estimate of drug-likeness (QED) is 0.685. The van der Waals surface area contributed by atoms with Crippen molar-refractivity contribution in [1.82, 2.24) is 9.80 Å². The van der Waals surface area contributed by atoms with E-state index in [1.807, 2.05) is 35.2 Å². The van der Waals surface area contributed by atoms with Crippen LogP contribution in [0.3, 0.4) is 0 Å². The van der Waals surface area contributed by atoms with Gasteiger partial charge < -0.3 is 10.2 Å². The lowest BCUT2D eigenvalue weighted by molar-refractivity contribution is 0.189. The van der Waals surface area contributed by atoms with Gasteiger partial charge in [0.25, 0.3) is 0 Å². The molecule has 0 aromatic heterocycles. The average Bonchev–Trinajstić information content (AvgIpc) is 3.17. The minimum absolute atomic E-state index is 0.00987. The molecule has 28 heavy (non-hydrogen) atoms. The summed E-state index contributed by atoms with van der Waals surface area (Å²) in [6.07, 6.45) is 1.02. The lowest BCUT2D eigenvalue weighted by Crippen LogP contribution is -2.44. The summed E-state index contributed by atoms with van der Waals surface area (Å²) in [4.78, 5) is 17.3. The van der Waals surface area contributed by atoms with Gasteiger partial charge in [-0.15, -0.1) is 0 Å². The van der Waals surface area contributed by atoms with E-state index in [1.54, 1.807) is 0 Å². The number of amides is 2. The summed E-state index contributed by atoms with van der Waals surface area (Å²) in [5, 5.41) is 5.41. The number of nitrogens with zero attached hydrogens (tertiary/aromatic N) is 2. The monoisotopic (exact) mass is 373 g/mol. The molecule has 1 unspecified atom stereocenters. The smallest absolute Gasteiger partial charge is 0.320 e. The first-order chi connectivity index (χ1) is 13.7. The number of likely N-dealkylation sites (tertiary alicyclic amines) is 1. The van der Waals surface area contributed by atoms with E-state index in [4.69, 9.17) is 0 Å². The molecule has 4 heteroatoms. The van der Waals surface area contributed by atoms with Gasteiger partial charge >= 0.3 is 6.03 Å². The fourth-order valence-corrected chi connectivity index (χ4v) is 4.08. The van der Waals surface area contributed by atoms with Gasteiger partial charge in [0.05, 0.1) is 0 Å². The predicted molar refractivity (Wildman–Crippen MR) is 115 cm³/mol. The van der Waals surface area contributed by atoms with Crippen LogP contribution in [0.2, 0.25) is 0 Å². The highest BCUT2D eigenvalue weighted by Gasteiger charge is 2.29. The van der Waals surface area contributed by atoms with Gasteiger partial charge in [-0.2, -0.15) is 0 Å². The Labute approximate surface area is 166 Å². The largest absolute Gasteiger partial charge is 0.322 e. The van der Waals surface area contributed by atoms with E-state index in [9.17, 15) is 4.79 Å². The maximum absolute atomic E-state index is 12.9. The Morgan fingerprint density at radius 2 is 1.79 bits per heavy atom. The number of carbonyl (C=O) groups is 1. The van der Waals surface area contributed by atoms with E-state index in [0.717, 1.165) is 37.1 Å². The van der Waals surface area contributed by atoms with Crippen molar-refractivity contribution >= 4 is 22.5 Å². The Balaban J connectivity index is 1.39. The molecule has 144 valence electrons. The number of carbonyl (C=O) groups excluding carboxylic acids is 1. The minimum Gasteiger partial charge on any atom is -0.320 e. The molecule has 3 aromatic carbocycles. The van der Waals surface area contributed by atoms with Crippen LogP contribution in [-0.4, -0.2) is 41.5 Å². The summed E-state index contributed by atoms with van der Waals surface area (Å²) < 4.78 is 0. The number of nitrogens with one attached hydrogen (secondary N) is 1. The Kier molecular flexibility index (Phi) is 5.58. The number of anilines is 1. The first-order valence-corrected chi connectivity index (χ1v) is 10.1. The second kappa shape index (κ2) is 8.44. The highest BCUT2D eigenvalue weighted by Crippen LogP contribution is 2.22. The van der Waals surface area contributed by atoms with Crippen LogP contribution in [0, 0.1) is 0 Å². The molecule has 1 fully saturated rings. The summed E-state index contributed by atoms with van der Waals surface area (Å²) in [7, 11) is 0. The lowest BCUT2D eigenvalue weighted by atomic mass is 10.1. The Hall–Kier alpha value is -2.85. The number of urea groups is 1. The van der Waals surface area contributed by atoms with Crippen molar-refractivity contribution in [1.29, 1.82) is 0 Å². The van der Waals surface area contributed by atoms with Gasteiger partial charge in [-0.05, 0) is 41.8 Å². The molecule has 4 rings (SSSR count). The van der Waals surface area contributed by atoms with E-state index >= 15 is 0 Å². The van der Waals surface area contributed by atoms with Gasteiger partial charge in [0.15, 0.2) is 0 Å². The van der Waals surface area contributed by atoms with Gasteiger partial charge in [0.2, 0.25) is 0 Å². The Morgan fingerprint density at radius 1 is 1.04 bits per heavy atom. The summed E-state index contributed by atoms with van der Waals surface area (Å²) in [6.45, 7) is 5.66. The van der Waals surface area contributed by atoms with Crippen molar-refractivity contribution in [2.45, 2.75) is 25.9 Å². The van der Waals surface area contributed by atoms with Crippen LogP contribution in [0.15, 0.2) is 72.8 Å². The van der Waals surface area contributed by atoms with Crippen LogP contribution in [0.5, 0.6) is 0 Å². The van der Waals surface area contributed by atoms with Crippen LogP contribution in [0.4, 0.5) is 10.5 Å². The minimum atomic E-state index is -0.00987. The summed E-state index contributed by atoms with van der Waals surface area (Å²) in [5.41, 5.74) is 2.17. The normalized spacial score (nSPS) is 17.0. The van der Waals surface area contributed by atoms with Gasteiger partial charge in [-0.3, -0.25) is 4.90 Å². The first kappa shape index (κ1) is 18.5. The molecule has 2 amide bonds. The van der Waals surface area contributed by atoms with Gasteiger partial charge in [-0.25, -0.2) is 4.79 Å². The van der Waals surface area contributed by atoms with Crippen molar-refractivity contribution in [3.05, 3.63) is 78.4 Å². The van der Waals surface area contributed by atoms with Crippen LogP contribution in [0.1, 0.15) is 18.9 Å². The second-order valence-corrected chi connectivity index (χ2v) is 7.44. The number of fused-ring (bicyclic) bond motifs is 1. The summed E-state index contributed by atoms with van der Waals surface area (Å²) in [5.74, 6) is 0. The van der Waals surface area contributed by atoms with E-state index in [-0.39, 0.29) is 12.1 Å². The maximum Gasteiger partial charge on any atom is 0.322 e. The molecule has 1 atom stereocenters. The van der Waals surface area contributed by atoms with E-state index in [1.165, 1.54) is 10.9 Å². The second-order valence-electron chi connectivity index (χ2n) is 7.44. The predicted octanol–water partition coefficient (Wildman–Crippen LogP) is 4.97. The zero-order chi connectivity index (χ0) is 19.3. The Bertz CT molecular complexity index is 941. The molecule has 1 aliphatic heterocycles. The van der Waals surface area contributed by atoms with Crippen LogP contribution in [-0.2, 0) is 6.54 Å². The van der Waals surface area contributed by atoms with Gasteiger partial charge in [-0.1, -0.05) is 60.7 Å². The summed E-state index contributed by atoms with van der Waals surface area (Å²) in [6, 6.07) is 25.1. The molecule has 1 aliphatic rings. The maximum atomic E-state index is 12.9. The molecule has 3 aromatic rings. The number of rotatable bonds is 5. The lowest BCUT2D eigenvalue weighted by Gasteiger charge is -2.28. The zero-order valence-corrected chi connectivity index (χ0v) is 16.3. The van der Waals surface area contributed by atoms with Crippen LogP contribution in [0.25, 0.3) is 10.8 Å². The zero-order valence-electron chi connectivity index (χ0n) is 16.3. The molecular weight excluding hydrogens is 346 g/mol. The number of hydrogen-bond acceptors (Lipinski definition) is 2. The SMILES string of the molecule is CCN(C(=O)Nc1ccc2ccccc2c1)C1CCN(Cc2ccccc2)C1. The van der Waals surface area contributed by atoms with E-state index < -0.39 is 0 Å². The third-order valence-corrected chi connectivity index (χ3v) is 5.54. The van der Waals surface area contributed by atoms with Crippen LogP contribution < -0.4 is 5.32 Å². The Morgan fingerprint density at radius 3 is 2.57 bits per heavy atom. The number of benzene rings is 3. The summed E-state index contributed by atoms with van der Waals surface area (Å²) >= 11 is 0. The van der Waals surface area contributed by atoms with Crippen molar-refractivity contribution in [3.8, 4) is 0 Å². The highest BCUT2D eigenvalue weighted by molar-refractivity contribution is 5.93. The first-order valence-electron chi connectivity index (χ1n) is 10.1. The molecule has 1 heterocycles. The standard InChI is InChI=1S/C24H27N3O/c1-2-27(23-14-15-26(18-23)17-19-8-4-3-5-9-19)24(28)25-22-13-12-20-10-6-7-11-21(20)16-22/h3-13,16,23H,2,14-15,17-18H2,1H3,(H,25,28). The van der Waals surface area contributed by atoms with Crippen molar-refractivity contribution in [3.63, 3.8) is 0 Å².